The van der Waals surface area contributed by atoms with Gasteiger partial charge in [0.25, 0.3) is 11.1 Å². The van der Waals surface area contributed by atoms with Crippen molar-refractivity contribution in [1.82, 2.24) is 58.1 Å². The first-order valence-electron chi connectivity index (χ1n) is 20.2. The number of nitrogens with one attached hydrogen (secondary N) is 4. The van der Waals surface area contributed by atoms with Crippen LogP contribution in [0.5, 0.6) is 0 Å². The maximum atomic E-state index is 12.6. The van der Waals surface area contributed by atoms with Crippen LogP contribution < -0.4 is 21.8 Å². The lowest BCUT2D eigenvalue weighted by Gasteiger charge is -2.18. The molecule has 0 aromatic carbocycles. The summed E-state index contributed by atoms with van der Waals surface area (Å²) in [5.41, 5.74) is -0.543. The van der Waals surface area contributed by atoms with Crippen molar-refractivity contribution in [3.05, 3.63) is 70.8 Å². The van der Waals surface area contributed by atoms with Gasteiger partial charge in [0.05, 0.1) is 25.4 Å². The molecule has 342 valence electrons. The Morgan fingerprint density at radius 3 is 1.77 bits per heavy atom. The first-order valence-corrected chi connectivity index (χ1v) is 21.0. The highest BCUT2D eigenvalue weighted by Gasteiger charge is 2.41. The van der Waals surface area contributed by atoms with Crippen LogP contribution in [0.1, 0.15) is 54.4 Å². The molecule has 2 saturated heterocycles. The molecule has 6 unspecified atom stereocenters. The van der Waals surface area contributed by atoms with E-state index in [1.807, 2.05) is 22.6 Å². The summed E-state index contributed by atoms with van der Waals surface area (Å²) in [6.45, 7) is 6.29. The van der Waals surface area contributed by atoms with E-state index >= 15 is 0 Å². The molecule has 6 aromatic heterocycles. The molecule has 27 heteroatoms. The number of halogens is 1. The normalized spacial score (nSPS) is 20.6. The minimum atomic E-state index is -0.862. The van der Waals surface area contributed by atoms with Gasteiger partial charge in [-0.25, -0.2) is 38.7 Å². The number of rotatable bonds is 10. The minimum Gasteiger partial charge on any atom is -0.446 e. The van der Waals surface area contributed by atoms with Gasteiger partial charge in [0, 0.05) is 50.8 Å². The molecule has 2 fully saturated rings. The number of alkyl halides is 1. The van der Waals surface area contributed by atoms with Gasteiger partial charge in [-0.1, -0.05) is 50.3 Å². The van der Waals surface area contributed by atoms with Crippen LogP contribution in [0.25, 0.3) is 22.3 Å². The summed E-state index contributed by atoms with van der Waals surface area (Å²) in [6, 6.07) is 0. The van der Waals surface area contributed by atoms with Crippen LogP contribution in [0.15, 0.2) is 59.7 Å². The molecule has 0 bridgehead atoms. The monoisotopic (exact) mass is 1010 g/mol. The standard InChI is InChI=1S/C22H23N9O7.C14H19N5O5.CH3I/c1-12(2)18(32)27-20-26-17-16(19(33)28-20)25-11-31(17)15-7-13(38-22(35)30-6-4-24-10-30)14(37-15)8-36-21(34)29-5-3-23-9-29;1-6(2)12(22)17-14-16-11-10(13(23)18-14)15-5-19(11)9-3-7(21)8(4-20)24-9;1-2/h3-6,9-15H,7-8H2,1-2H3,(H2,26,27,28,32,33);5-9,20-21H,3-4H2,1-2H3,(H2,16,17,18,22,23);1H3/i;;1D. The van der Waals surface area contributed by atoms with Gasteiger partial charge < -0.3 is 29.2 Å². The Hall–Kier alpha value is -6.43. The molecule has 0 spiro atoms. The van der Waals surface area contributed by atoms with E-state index < -0.39 is 60.2 Å². The maximum Gasteiger partial charge on any atom is 0.419 e. The van der Waals surface area contributed by atoms with Gasteiger partial charge in [-0.05, 0) is 4.91 Å². The molecule has 26 nitrogen and oxygen atoms in total. The van der Waals surface area contributed by atoms with E-state index in [1.165, 1.54) is 59.2 Å². The molecule has 2 aliphatic heterocycles. The molecule has 0 saturated carbocycles. The highest BCUT2D eigenvalue weighted by Crippen LogP contribution is 2.33. The van der Waals surface area contributed by atoms with Crippen molar-refractivity contribution in [2.24, 2.45) is 11.8 Å². The number of aromatic amines is 2. The first kappa shape index (κ1) is 45.6. The second kappa shape index (κ2) is 20.8. The number of imidazole rings is 4. The molecule has 8 heterocycles. The third-order valence-electron chi connectivity index (χ3n) is 9.64. The fraction of sp³-hybridized carbons (Fsp3) is 0.459. The number of anilines is 2. The zero-order valence-electron chi connectivity index (χ0n) is 35.6. The number of carbonyl (C=O) groups excluding carboxylic acids is 4. The average molecular weight is 1010 g/mol. The van der Waals surface area contributed by atoms with Gasteiger partial charge in [-0.3, -0.25) is 48.9 Å². The lowest BCUT2D eigenvalue weighted by atomic mass is 10.2. The topological polar surface area (TPSA) is 333 Å². The Kier molecular flexibility index (Phi) is 14.8. The van der Waals surface area contributed by atoms with Crippen LogP contribution in [0.3, 0.4) is 0 Å². The number of hydrogen-bond donors (Lipinski definition) is 6. The quantitative estimate of drug-likeness (QED) is 0.0837. The molecule has 8 rings (SSSR count). The summed E-state index contributed by atoms with van der Waals surface area (Å²) in [4.78, 5) is 103. The van der Waals surface area contributed by atoms with Gasteiger partial charge in [-0.15, -0.1) is 0 Å². The van der Waals surface area contributed by atoms with E-state index in [2.05, 4.69) is 50.5 Å². The summed E-state index contributed by atoms with van der Waals surface area (Å²) in [5.74, 6) is -1.25. The van der Waals surface area contributed by atoms with E-state index in [0.29, 0.717) is 4.91 Å². The Labute approximate surface area is 376 Å². The van der Waals surface area contributed by atoms with Crippen LogP contribution in [0.4, 0.5) is 21.5 Å². The number of hydrogen-bond acceptors (Lipinski definition) is 18. The van der Waals surface area contributed by atoms with Crippen LogP contribution in [0, 0.1) is 11.8 Å². The zero-order chi connectivity index (χ0) is 46.9. The average Bonchev–Trinajstić information content (AvgIpc) is 4.12. The van der Waals surface area contributed by atoms with Crippen molar-refractivity contribution in [2.45, 2.75) is 77.4 Å². The van der Waals surface area contributed by atoms with Gasteiger partial charge >= 0.3 is 12.2 Å². The SMILES string of the molecule is CC(C)C(=O)Nc1nc2c(ncn2C2CC(O)C(CO)O2)c(=O)[nH]1.CC(C)C(=O)Nc1nc2c(ncn2C2CC(OC(=O)n3ccnc3)C(COC(=O)n3ccnc3)O2)c(=O)[nH]1.[2H]CI. The number of carbonyl (C=O) groups is 4. The summed E-state index contributed by atoms with van der Waals surface area (Å²) in [5, 5.41) is 24.1. The molecular formula is C37H45IN14O12. The third-order valence-corrected chi connectivity index (χ3v) is 9.64. The highest BCUT2D eigenvalue weighted by atomic mass is 127. The van der Waals surface area contributed by atoms with Gasteiger partial charge in [0.15, 0.2) is 22.3 Å². The number of aliphatic hydroxyl groups excluding tert-OH is 2. The molecule has 0 radical (unpaired) electrons. The summed E-state index contributed by atoms with van der Waals surface area (Å²) in [7, 11) is 0. The molecular weight excluding hydrogens is 959 g/mol. The molecule has 6 aromatic rings. The highest BCUT2D eigenvalue weighted by molar-refractivity contribution is 14.1. The molecule has 64 heavy (non-hydrogen) atoms. The van der Waals surface area contributed by atoms with Gasteiger partial charge in [0.2, 0.25) is 23.7 Å². The second-order valence-electron chi connectivity index (χ2n) is 14.7. The van der Waals surface area contributed by atoms with Crippen LogP contribution in [-0.2, 0) is 28.5 Å². The second-order valence-corrected chi connectivity index (χ2v) is 14.7. The lowest BCUT2D eigenvalue weighted by Crippen LogP contribution is -2.33. The van der Waals surface area contributed by atoms with Crippen molar-refractivity contribution in [3.63, 3.8) is 0 Å². The predicted molar refractivity (Wildman–Crippen MR) is 230 cm³/mol. The smallest absolute Gasteiger partial charge is 0.419 e. The number of nitrogens with zero attached hydrogens (tertiary/aromatic N) is 10. The molecule has 2 aliphatic rings. The Bertz CT molecular complexity index is 2700. The number of aromatic nitrogens is 12. The number of H-pyrrole nitrogens is 2. The van der Waals surface area contributed by atoms with Crippen molar-refractivity contribution in [1.29, 1.82) is 0 Å². The van der Waals surface area contributed by atoms with E-state index in [0.717, 1.165) is 9.13 Å². The summed E-state index contributed by atoms with van der Waals surface area (Å²) in [6.07, 6.45) is 5.37. The minimum absolute atomic E-state index is 0.0187. The van der Waals surface area contributed by atoms with Crippen LogP contribution in [0.2, 0.25) is 0 Å². The Morgan fingerprint density at radius 1 is 0.828 bits per heavy atom. The van der Waals surface area contributed by atoms with E-state index in [9.17, 15) is 39.0 Å². The van der Waals surface area contributed by atoms with E-state index in [4.69, 9.17) is 20.3 Å². The number of amides is 2. The fourth-order valence-corrected chi connectivity index (χ4v) is 6.26. The molecule has 6 atom stereocenters. The Balaban J connectivity index is 0.000000222. The lowest BCUT2D eigenvalue weighted by molar-refractivity contribution is -0.119. The molecule has 0 aliphatic carbocycles. The fourth-order valence-electron chi connectivity index (χ4n) is 6.26. The first-order chi connectivity index (χ1) is 31.1. The Morgan fingerprint density at radius 2 is 1.31 bits per heavy atom. The van der Waals surface area contributed by atoms with Crippen molar-refractivity contribution < 1.29 is 49.7 Å². The number of aliphatic hydroxyl groups is 2. The number of ether oxygens (including phenoxy) is 4. The number of fused-ring (bicyclic) bond motifs is 2. The van der Waals surface area contributed by atoms with Gasteiger partial charge in [-0.2, -0.15) is 9.97 Å². The largest absolute Gasteiger partial charge is 0.446 e. The maximum absolute atomic E-state index is 12.6. The molecule has 6 N–H and O–H groups in total. The van der Waals surface area contributed by atoms with Crippen molar-refractivity contribution in [3.8, 4) is 0 Å². The van der Waals surface area contributed by atoms with Crippen LogP contribution in [-0.4, -0.2) is 135 Å². The predicted octanol–water partition coefficient (Wildman–Crippen LogP) is 1.54. The van der Waals surface area contributed by atoms with Crippen molar-refractivity contribution >= 4 is 80.8 Å². The van der Waals surface area contributed by atoms with E-state index in [1.54, 1.807) is 27.7 Å². The van der Waals surface area contributed by atoms with Crippen LogP contribution >= 0.6 is 22.6 Å². The van der Waals surface area contributed by atoms with Crippen molar-refractivity contribution in [2.75, 3.05) is 28.8 Å². The molecule has 2 amide bonds. The summed E-state index contributed by atoms with van der Waals surface area (Å²) >= 11 is 1.96. The zero-order valence-corrected chi connectivity index (χ0v) is 36.8. The van der Waals surface area contributed by atoms with E-state index in [-0.39, 0.29) is 83.9 Å². The summed E-state index contributed by atoms with van der Waals surface area (Å²) < 4.78 is 34.1. The third kappa shape index (κ3) is 10.7. The van der Waals surface area contributed by atoms with Gasteiger partial charge in [0.1, 0.15) is 50.0 Å².